The first-order valence-electron chi connectivity index (χ1n) is 5.89. The quantitative estimate of drug-likeness (QED) is 0.756. The lowest BCUT2D eigenvalue weighted by Crippen LogP contribution is -2.32. The van der Waals surface area contributed by atoms with E-state index in [0.717, 1.165) is 31.0 Å². The van der Waals surface area contributed by atoms with E-state index < -0.39 is 0 Å². The van der Waals surface area contributed by atoms with Gasteiger partial charge in [-0.25, -0.2) is 0 Å². The number of aromatic nitrogens is 2. The minimum absolute atomic E-state index is 0.566. The van der Waals surface area contributed by atoms with Crippen LogP contribution in [0.5, 0.6) is 0 Å². The zero-order valence-corrected chi connectivity index (χ0v) is 10.9. The molecule has 5 nitrogen and oxygen atoms in total. The monoisotopic (exact) mass is 233 g/mol. The molecule has 0 aliphatic carbocycles. The Morgan fingerprint density at radius 3 is 2.71 bits per heavy atom. The molecule has 1 aliphatic heterocycles. The average Bonchev–Trinajstić information content (AvgIpc) is 2.82. The number of anilines is 1. The van der Waals surface area contributed by atoms with Crippen molar-refractivity contribution in [3.8, 4) is 6.07 Å². The molecule has 5 heteroatoms. The topological polar surface area (TPSA) is 48.1 Å². The van der Waals surface area contributed by atoms with E-state index in [2.05, 4.69) is 35.1 Å². The maximum Gasteiger partial charge on any atom is 0.145 e. The van der Waals surface area contributed by atoms with Crippen LogP contribution in [0.25, 0.3) is 0 Å². The van der Waals surface area contributed by atoms with Crippen LogP contribution in [0, 0.1) is 18.3 Å². The first-order chi connectivity index (χ1) is 8.04. The minimum atomic E-state index is 0.566. The maximum absolute atomic E-state index is 9.21. The summed E-state index contributed by atoms with van der Waals surface area (Å²) in [6.45, 7) is 3.86. The predicted molar refractivity (Wildman–Crippen MR) is 67.0 cm³/mol. The summed E-state index contributed by atoms with van der Waals surface area (Å²) < 4.78 is 1.83. The van der Waals surface area contributed by atoms with Crippen LogP contribution in [0.3, 0.4) is 0 Å². The smallest absolute Gasteiger partial charge is 0.145 e. The van der Waals surface area contributed by atoms with Crippen LogP contribution in [0.1, 0.15) is 17.7 Å². The van der Waals surface area contributed by atoms with E-state index in [-0.39, 0.29) is 0 Å². The zero-order chi connectivity index (χ0) is 12.6. The Bertz CT molecular complexity index is 454. The van der Waals surface area contributed by atoms with Gasteiger partial charge in [-0.05, 0) is 27.4 Å². The molecule has 1 aromatic rings. The highest BCUT2D eigenvalue weighted by molar-refractivity contribution is 5.57. The molecule has 0 aromatic carbocycles. The van der Waals surface area contributed by atoms with Crippen LogP contribution in [0.4, 0.5) is 5.82 Å². The van der Waals surface area contributed by atoms with Gasteiger partial charge in [0, 0.05) is 26.2 Å². The van der Waals surface area contributed by atoms with Crippen molar-refractivity contribution in [2.24, 2.45) is 7.05 Å². The Morgan fingerprint density at radius 1 is 1.47 bits per heavy atom. The van der Waals surface area contributed by atoms with Crippen molar-refractivity contribution in [1.82, 2.24) is 14.7 Å². The SMILES string of the molecule is Cc1nn(C)c(N2CCC(N(C)C)C2)c1C#N. The van der Waals surface area contributed by atoms with Gasteiger partial charge in [0.1, 0.15) is 17.5 Å². The van der Waals surface area contributed by atoms with Gasteiger partial charge in [-0.15, -0.1) is 0 Å². The fourth-order valence-corrected chi connectivity index (χ4v) is 2.50. The summed E-state index contributed by atoms with van der Waals surface area (Å²) in [6, 6.07) is 2.83. The summed E-state index contributed by atoms with van der Waals surface area (Å²) in [7, 11) is 6.12. The molecule has 1 atom stereocenters. The molecule has 1 saturated heterocycles. The molecule has 1 aliphatic rings. The Morgan fingerprint density at radius 2 is 2.18 bits per heavy atom. The standard InChI is InChI=1S/C12H19N5/c1-9-11(7-13)12(16(4)14-9)17-6-5-10(8-17)15(2)3/h10H,5-6,8H2,1-4H3. The molecule has 2 rings (SSSR count). The van der Waals surface area contributed by atoms with E-state index >= 15 is 0 Å². The third kappa shape index (κ3) is 2.01. The number of rotatable bonds is 2. The molecule has 0 spiro atoms. The molecule has 2 heterocycles. The van der Waals surface area contributed by atoms with Gasteiger partial charge in [0.05, 0.1) is 5.69 Å². The molecule has 0 radical (unpaired) electrons. The Balaban J connectivity index is 2.28. The molecule has 0 bridgehead atoms. The first kappa shape index (κ1) is 11.9. The number of nitriles is 1. The predicted octanol–water partition coefficient (Wildman–Crippen LogP) is 0.740. The highest BCUT2D eigenvalue weighted by Crippen LogP contribution is 2.26. The molecule has 1 aromatic heterocycles. The van der Waals surface area contributed by atoms with Crippen LogP contribution >= 0.6 is 0 Å². The fourth-order valence-electron chi connectivity index (χ4n) is 2.50. The summed E-state index contributed by atoms with van der Waals surface area (Å²) in [6.07, 6.45) is 1.14. The second-order valence-corrected chi connectivity index (χ2v) is 4.87. The number of nitrogens with zero attached hydrogens (tertiary/aromatic N) is 5. The third-order valence-electron chi connectivity index (χ3n) is 3.50. The number of hydrogen-bond donors (Lipinski definition) is 0. The van der Waals surface area contributed by atoms with Crippen molar-refractivity contribution < 1.29 is 0 Å². The van der Waals surface area contributed by atoms with E-state index in [0.29, 0.717) is 11.6 Å². The minimum Gasteiger partial charge on any atom is -0.354 e. The maximum atomic E-state index is 9.21. The molecule has 92 valence electrons. The van der Waals surface area contributed by atoms with Gasteiger partial charge < -0.3 is 9.80 Å². The summed E-state index contributed by atoms with van der Waals surface area (Å²) >= 11 is 0. The largest absolute Gasteiger partial charge is 0.354 e. The van der Waals surface area contributed by atoms with Crippen molar-refractivity contribution in [2.45, 2.75) is 19.4 Å². The number of likely N-dealkylation sites (N-methyl/N-ethyl adjacent to an activating group) is 1. The summed E-state index contributed by atoms with van der Waals surface area (Å²) in [4.78, 5) is 4.51. The molecular weight excluding hydrogens is 214 g/mol. The summed E-state index contributed by atoms with van der Waals surface area (Å²) in [5, 5.41) is 13.5. The molecule has 1 fully saturated rings. The fraction of sp³-hybridized carbons (Fsp3) is 0.667. The van der Waals surface area contributed by atoms with Crippen molar-refractivity contribution in [2.75, 3.05) is 32.1 Å². The van der Waals surface area contributed by atoms with Crippen LogP contribution in [0.15, 0.2) is 0 Å². The van der Waals surface area contributed by atoms with Gasteiger partial charge >= 0.3 is 0 Å². The highest BCUT2D eigenvalue weighted by atomic mass is 15.4. The van der Waals surface area contributed by atoms with Crippen molar-refractivity contribution >= 4 is 5.82 Å². The zero-order valence-electron chi connectivity index (χ0n) is 10.9. The first-order valence-corrected chi connectivity index (χ1v) is 5.89. The molecular formula is C12H19N5. The Kier molecular flexibility index (Phi) is 3.07. The molecule has 0 N–H and O–H groups in total. The lowest BCUT2D eigenvalue weighted by molar-refractivity contribution is 0.315. The molecule has 17 heavy (non-hydrogen) atoms. The lowest BCUT2D eigenvalue weighted by atomic mass is 10.2. The van der Waals surface area contributed by atoms with Crippen LogP contribution in [-0.4, -0.2) is 47.9 Å². The Labute approximate surface area is 102 Å². The number of aryl methyl sites for hydroxylation is 2. The van der Waals surface area contributed by atoms with Gasteiger partial charge in [0.2, 0.25) is 0 Å². The van der Waals surface area contributed by atoms with Gasteiger partial charge in [-0.2, -0.15) is 10.4 Å². The van der Waals surface area contributed by atoms with Crippen molar-refractivity contribution in [3.63, 3.8) is 0 Å². The second kappa shape index (κ2) is 4.38. The summed E-state index contributed by atoms with van der Waals surface area (Å²) in [5.41, 5.74) is 1.53. The van der Waals surface area contributed by atoms with Crippen LogP contribution < -0.4 is 4.90 Å². The van der Waals surface area contributed by atoms with E-state index in [1.165, 1.54) is 0 Å². The van der Waals surface area contributed by atoms with Gasteiger partial charge in [0.15, 0.2) is 0 Å². The normalized spacial score (nSPS) is 20.0. The third-order valence-corrected chi connectivity index (χ3v) is 3.50. The van der Waals surface area contributed by atoms with Gasteiger partial charge in [-0.1, -0.05) is 0 Å². The van der Waals surface area contributed by atoms with Crippen LogP contribution in [-0.2, 0) is 7.05 Å². The average molecular weight is 233 g/mol. The van der Waals surface area contributed by atoms with E-state index in [4.69, 9.17) is 0 Å². The molecule has 1 unspecified atom stereocenters. The van der Waals surface area contributed by atoms with Crippen molar-refractivity contribution in [3.05, 3.63) is 11.3 Å². The van der Waals surface area contributed by atoms with Gasteiger partial charge in [0.25, 0.3) is 0 Å². The summed E-state index contributed by atoms with van der Waals surface area (Å²) in [5.74, 6) is 0.967. The molecule has 0 amide bonds. The van der Waals surface area contributed by atoms with Crippen LogP contribution in [0.2, 0.25) is 0 Å². The van der Waals surface area contributed by atoms with E-state index in [1.54, 1.807) is 0 Å². The number of hydrogen-bond acceptors (Lipinski definition) is 4. The second-order valence-electron chi connectivity index (χ2n) is 4.87. The van der Waals surface area contributed by atoms with E-state index in [9.17, 15) is 5.26 Å². The van der Waals surface area contributed by atoms with E-state index in [1.807, 2.05) is 18.7 Å². The highest BCUT2D eigenvalue weighted by Gasteiger charge is 2.28. The van der Waals surface area contributed by atoms with Crippen molar-refractivity contribution in [1.29, 1.82) is 5.26 Å². The Hall–Kier alpha value is -1.54. The lowest BCUT2D eigenvalue weighted by Gasteiger charge is -2.21. The van der Waals surface area contributed by atoms with Gasteiger partial charge in [-0.3, -0.25) is 4.68 Å². The molecule has 0 saturated carbocycles.